The van der Waals surface area contributed by atoms with Crippen LogP contribution in [0.1, 0.15) is 46.9 Å². The van der Waals surface area contributed by atoms with Gasteiger partial charge in [-0.15, -0.1) is 0 Å². The van der Waals surface area contributed by atoms with Crippen LogP contribution in [0.15, 0.2) is 36.5 Å². The molecule has 0 radical (unpaired) electrons. The summed E-state index contributed by atoms with van der Waals surface area (Å²) < 4.78 is 14.1. The molecule has 1 aromatic heterocycles. The number of fused-ring (bicyclic) bond motifs is 2. The van der Waals surface area contributed by atoms with Gasteiger partial charge in [-0.2, -0.15) is 4.98 Å². The average molecular weight is 494 g/mol. The molecule has 3 aliphatic rings. The van der Waals surface area contributed by atoms with Gasteiger partial charge in [0.15, 0.2) is 5.82 Å². The number of hydrogen-bond acceptors (Lipinski definition) is 6. The van der Waals surface area contributed by atoms with Crippen molar-refractivity contribution >= 4 is 40.7 Å². The SMILES string of the molecule is CN1CCc2c(cc(Nc3ncc(Cl)c(N4CC(C(=O)O)c5ccc(F)cc54)n3)cc2C2CC2)C1. The topological polar surface area (TPSA) is 81.6 Å². The Kier molecular flexibility index (Phi) is 5.38. The van der Waals surface area contributed by atoms with Crippen molar-refractivity contribution in [1.29, 1.82) is 0 Å². The number of nitrogens with zero attached hydrogens (tertiary/aromatic N) is 4. The first-order chi connectivity index (χ1) is 16.9. The van der Waals surface area contributed by atoms with Crippen molar-refractivity contribution in [3.05, 3.63) is 69.6 Å². The van der Waals surface area contributed by atoms with Crippen LogP contribution in [0.4, 0.5) is 27.5 Å². The Bertz CT molecular complexity index is 1350. The molecule has 0 spiro atoms. The Morgan fingerprint density at radius 2 is 2.06 bits per heavy atom. The highest BCUT2D eigenvalue weighted by molar-refractivity contribution is 6.33. The number of nitrogens with one attached hydrogen (secondary N) is 1. The second-order valence-corrected chi connectivity index (χ2v) is 10.1. The molecule has 0 amide bonds. The monoisotopic (exact) mass is 493 g/mol. The van der Waals surface area contributed by atoms with Gasteiger partial charge in [0.2, 0.25) is 5.95 Å². The van der Waals surface area contributed by atoms with Crippen LogP contribution in [0.3, 0.4) is 0 Å². The van der Waals surface area contributed by atoms with E-state index in [-0.39, 0.29) is 11.6 Å². The lowest BCUT2D eigenvalue weighted by molar-refractivity contribution is -0.138. The van der Waals surface area contributed by atoms with E-state index in [1.165, 1.54) is 53.9 Å². The predicted molar refractivity (Wildman–Crippen MR) is 133 cm³/mol. The third kappa shape index (κ3) is 4.10. The average Bonchev–Trinajstić information content (AvgIpc) is 3.60. The maximum Gasteiger partial charge on any atom is 0.312 e. The molecular weight excluding hydrogens is 469 g/mol. The lowest BCUT2D eigenvalue weighted by atomic mass is 9.91. The zero-order chi connectivity index (χ0) is 24.3. The summed E-state index contributed by atoms with van der Waals surface area (Å²) in [7, 11) is 2.13. The van der Waals surface area contributed by atoms with Gasteiger partial charge in [0.05, 0.1) is 6.20 Å². The Morgan fingerprint density at radius 3 is 2.83 bits per heavy atom. The molecule has 7 nitrogen and oxygen atoms in total. The first-order valence-electron chi connectivity index (χ1n) is 11.8. The molecule has 1 saturated carbocycles. The third-order valence-electron chi connectivity index (χ3n) is 7.14. The third-order valence-corrected chi connectivity index (χ3v) is 7.40. The van der Waals surface area contributed by atoms with E-state index in [9.17, 15) is 14.3 Å². The predicted octanol–water partition coefficient (Wildman–Crippen LogP) is 5.20. The summed E-state index contributed by atoms with van der Waals surface area (Å²) in [5.41, 5.74) is 6.14. The molecule has 3 aromatic rings. The maximum atomic E-state index is 14.1. The van der Waals surface area contributed by atoms with Crippen LogP contribution in [0.2, 0.25) is 5.02 Å². The van der Waals surface area contributed by atoms with Crippen LogP contribution < -0.4 is 10.2 Å². The number of halogens is 2. The fraction of sp³-hybridized carbons (Fsp3) is 0.346. The number of anilines is 4. The largest absolute Gasteiger partial charge is 0.481 e. The van der Waals surface area contributed by atoms with Gasteiger partial charge in [-0.05, 0) is 78.7 Å². The number of aliphatic carboxylic acids is 1. The summed E-state index contributed by atoms with van der Waals surface area (Å²) in [4.78, 5) is 24.8. The lowest BCUT2D eigenvalue weighted by Gasteiger charge is -2.28. The van der Waals surface area contributed by atoms with Crippen LogP contribution in [0, 0.1) is 5.82 Å². The smallest absolute Gasteiger partial charge is 0.312 e. The molecule has 0 saturated heterocycles. The second-order valence-electron chi connectivity index (χ2n) is 9.66. The first-order valence-corrected chi connectivity index (χ1v) is 12.2. The van der Waals surface area contributed by atoms with E-state index in [0.29, 0.717) is 28.9 Å². The van der Waals surface area contributed by atoms with E-state index < -0.39 is 17.7 Å². The van der Waals surface area contributed by atoms with Crippen LogP contribution in [0.25, 0.3) is 0 Å². The standard InChI is InChI=1S/C26H25ClFN5O2/c1-32-7-6-18-15(12-32)8-17(10-20(18)14-2-3-14)30-26-29-11-22(27)24(31-26)33-13-21(25(34)35)19-5-4-16(28)9-23(19)33/h4-5,8-11,14,21H,2-3,6-7,12-13H2,1H3,(H,34,35)(H,29,30,31). The molecule has 9 heteroatoms. The molecule has 2 aromatic carbocycles. The highest BCUT2D eigenvalue weighted by Crippen LogP contribution is 2.45. The molecule has 6 rings (SSSR count). The van der Waals surface area contributed by atoms with E-state index in [4.69, 9.17) is 11.6 Å². The number of benzene rings is 2. The van der Waals surface area contributed by atoms with Crippen LogP contribution in [-0.4, -0.2) is 46.1 Å². The van der Waals surface area contributed by atoms with Crippen LogP contribution in [-0.2, 0) is 17.8 Å². The molecule has 2 N–H and O–H groups in total. The molecule has 2 aliphatic heterocycles. The number of rotatable bonds is 5. The fourth-order valence-corrected chi connectivity index (χ4v) is 5.47. The van der Waals surface area contributed by atoms with Gasteiger partial charge in [-0.3, -0.25) is 4.79 Å². The minimum Gasteiger partial charge on any atom is -0.481 e. The van der Waals surface area contributed by atoms with Crippen LogP contribution >= 0.6 is 11.6 Å². The number of carboxylic acids is 1. The van der Waals surface area contributed by atoms with Crippen molar-refractivity contribution in [1.82, 2.24) is 14.9 Å². The number of likely N-dealkylation sites (N-methyl/N-ethyl adjacent to an activating group) is 1. The number of aromatic nitrogens is 2. The highest BCUT2D eigenvalue weighted by atomic mass is 35.5. The summed E-state index contributed by atoms with van der Waals surface area (Å²) in [5.74, 6) is -0.899. The summed E-state index contributed by atoms with van der Waals surface area (Å²) in [6.45, 7) is 2.09. The molecule has 0 bridgehead atoms. The van der Waals surface area contributed by atoms with Crippen molar-refractivity contribution in [2.75, 3.05) is 30.4 Å². The van der Waals surface area contributed by atoms with Gasteiger partial charge in [0, 0.05) is 31.0 Å². The first kappa shape index (κ1) is 22.2. The summed E-state index contributed by atoms with van der Waals surface area (Å²) in [6, 6.07) is 8.49. The maximum absolute atomic E-state index is 14.1. The molecule has 35 heavy (non-hydrogen) atoms. The van der Waals surface area contributed by atoms with E-state index in [1.54, 1.807) is 4.90 Å². The molecule has 1 unspecified atom stereocenters. The van der Waals surface area contributed by atoms with Gasteiger partial charge < -0.3 is 20.2 Å². The Morgan fingerprint density at radius 1 is 1.23 bits per heavy atom. The zero-order valence-electron chi connectivity index (χ0n) is 19.3. The lowest BCUT2D eigenvalue weighted by Crippen LogP contribution is -2.27. The minimum absolute atomic E-state index is 0.112. The van der Waals surface area contributed by atoms with Gasteiger partial charge in [0.25, 0.3) is 0 Å². The zero-order valence-corrected chi connectivity index (χ0v) is 20.0. The van der Waals surface area contributed by atoms with E-state index in [0.717, 1.165) is 25.2 Å². The Balaban J connectivity index is 1.35. The molecule has 1 atom stereocenters. The number of hydrogen-bond donors (Lipinski definition) is 2. The van der Waals surface area contributed by atoms with Gasteiger partial charge in [-0.1, -0.05) is 17.7 Å². The van der Waals surface area contributed by atoms with Crippen molar-refractivity contribution < 1.29 is 14.3 Å². The van der Waals surface area contributed by atoms with Crippen molar-refractivity contribution in [3.63, 3.8) is 0 Å². The highest BCUT2D eigenvalue weighted by Gasteiger charge is 2.36. The Labute approximate surface area is 207 Å². The van der Waals surface area contributed by atoms with Crippen LogP contribution in [0.5, 0.6) is 0 Å². The van der Waals surface area contributed by atoms with Crippen molar-refractivity contribution in [2.24, 2.45) is 0 Å². The molecule has 1 aliphatic carbocycles. The van der Waals surface area contributed by atoms with Crippen molar-refractivity contribution in [2.45, 2.75) is 37.6 Å². The Hall–Kier alpha value is -3.23. The van der Waals surface area contributed by atoms with E-state index in [2.05, 4.69) is 39.4 Å². The fourth-order valence-electron chi connectivity index (χ4n) is 5.28. The number of carbonyl (C=O) groups is 1. The van der Waals surface area contributed by atoms with Gasteiger partial charge in [-0.25, -0.2) is 9.37 Å². The normalized spacial score (nSPS) is 19.4. The van der Waals surface area contributed by atoms with Crippen molar-refractivity contribution in [3.8, 4) is 0 Å². The van der Waals surface area contributed by atoms with E-state index >= 15 is 0 Å². The summed E-state index contributed by atoms with van der Waals surface area (Å²) >= 11 is 6.46. The quantitative estimate of drug-likeness (QED) is 0.505. The summed E-state index contributed by atoms with van der Waals surface area (Å²) in [5, 5.41) is 13.3. The van der Waals surface area contributed by atoms with E-state index in [1.807, 2.05) is 0 Å². The minimum atomic E-state index is -0.976. The molecule has 1 fully saturated rings. The second kappa shape index (κ2) is 8.46. The number of carboxylic acid groups (broad SMARTS) is 1. The van der Waals surface area contributed by atoms with Gasteiger partial charge >= 0.3 is 5.97 Å². The molecule has 180 valence electrons. The molecular formula is C26H25ClFN5O2. The summed E-state index contributed by atoms with van der Waals surface area (Å²) in [6.07, 6.45) is 5.01. The van der Waals surface area contributed by atoms with Gasteiger partial charge in [0.1, 0.15) is 16.8 Å². The molecule has 3 heterocycles.